The molecule has 1 aromatic heterocycles. The average molecular weight is 333 g/mol. The fraction of sp³-hybridized carbons (Fsp3) is 0.286. The predicted molar refractivity (Wildman–Crippen MR) is 103 cm³/mol. The lowest BCUT2D eigenvalue weighted by Crippen LogP contribution is -2.18. The molecule has 3 aromatic rings. The van der Waals surface area contributed by atoms with Crippen molar-refractivity contribution in [2.75, 3.05) is 23.3 Å². The van der Waals surface area contributed by atoms with Crippen molar-refractivity contribution in [3.8, 4) is 0 Å². The Morgan fingerprint density at radius 1 is 1.08 bits per heavy atom. The molecule has 25 heavy (non-hydrogen) atoms. The number of nitrogens with one attached hydrogen (secondary N) is 2. The summed E-state index contributed by atoms with van der Waals surface area (Å²) in [5.41, 5.74) is 5.30. The molecule has 4 nitrogen and oxygen atoms in total. The molecule has 2 N–H and O–H groups in total. The highest BCUT2D eigenvalue weighted by atomic mass is 16.1. The first kappa shape index (κ1) is 15.8. The van der Waals surface area contributed by atoms with Crippen molar-refractivity contribution < 1.29 is 4.79 Å². The summed E-state index contributed by atoms with van der Waals surface area (Å²) in [5.74, 6) is 0.0155. The van der Waals surface area contributed by atoms with E-state index in [-0.39, 0.29) is 5.91 Å². The lowest BCUT2D eigenvalue weighted by Gasteiger charge is -2.17. The third-order valence-electron chi connectivity index (χ3n) is 4.99. The number of fused-ring (bicyclic) bond motifs is 1. The van der Waals surface area contributed by atoms with E-state index >= 15 is 0 Å². The molecule has 1 saturated heterocycles. The van der Waals surface area contributed by atoms with Gasteiger partial charge in [-0.1, -0.05) is 18.2 Å². The molecule has 0 atom stereocenters. The van der Waals surface area contributed by atoms with Gasteiger partial charge in [-0.05, 0) is 55.7 Å². The van der Waals surface area contributed by atoms with Gasteiger partial charge < -0.3 is 15.2 Å². The van der Waals surface area contributed by atoms with E-state index in [1.165, 1.54) is 18.5 Å². The van der Waals surface area contributed by atoms with Crippen LogP contribution in [0.4, 0.5) is 11.4 Å². The highest BCUT2D eigenvalue weighted by Crippen LogP contribution is 2.24. The van der Waals surface area contributed by atoms with Crippen LogP contribution in [-0.4, -0.2) is 24.0 Å². The van der Waals surface area contributed by atoms with Crippen molar-refractivity contribution in [3.05, 3.63) is 59.8 Å². The van der Waals surface area contributed by atoms with Gasteiger partial charge in [0.15, 0.2) is 0 Å². The molecule has 2 heterocycles. The number of benzene rings is 2. The third-order valence-corrected chi connectivity index (χ3v) is 4.99. The lowest BCUT2D eigenvalue weighted by atomic mass is 10.1. The zero-order valence-electron chi connectivity index (χ0n) is 14.5. The number of aromatic amines is 1. The SMILES string of the molecule is Cc1[nH]c2ccccc2c1CC(=O)Nc1ccc(N2CCCC2)cc1. The van der Waals surface area contributed by atoms with Gasteiger partial charge in [0.2, 0.25) is 5.91 Å². The Morgan fingerprint density at radius 3 is 2.56 bits per heavy atom. The molecule has 0 radical (unpaired) electrons. The number of carbonyl (C=O) groups excluding carboxylic acids is 1. The third kappa shape index (κ3) is 3.25. The largest absolute Gasteiger partial charge is 0.372 e. The van der Waals surface area contributed by atoms with Gasteiger partial charge in [0.1, 0.15) is 0 Å². The van der Waals surface area contributed by atoms with E-state index in [4.69, 9.17) is 0 Å². The van der Waals surface area contributed by atoms with E-state index in [2.05, 4.69) is 33.4 Å². The van der Waals surface area contributed by atoms with Gasteiger partial charge in [0.25, 0.3) is 0 Å². The Kier molecular flexibility index (Phi) is 4.18. The van der Waals surface area contributed by atoms with Crippen LogP contribution in [0.2, 0.25) is 0 Å². The Balaban J connectivity index is 1.45. The second-order valence-corrected chi connectivity index (χ2v) is 6.74. The van der Waals surface area contributed by atoms with Gasteiger partial charge in [-0.15, -0.1) is 0 Å². The van der Waals surface area contributed by atoms with Crippen LogP contribution < -0.4 is 10.2 Å². The number of aromatic nitrogens is 1. The predicted octanol–water partition coefficient (Wildman–Crippen LogP) is 4.26. The summed E-state index contributed by atoms with van der Waals surface area (Å²) >= 11 is 0. The van der Waals surface area contributed by atoms with Crippen molar-refractivity contribution in [2.24, 2.45) is 0 Å². The molecular weight excluding hydrogens is 310 g/mol. The summed E-state index contributed by atoms with van der Waals surface area (Å²) in [5, 5.41) is 4.14. The first-order chi connectivity index (χ1) is 12.2. The van der Waals surface area contributed by atoms with E-state index in [1.54, 1.807) is 0 Å². The maximum Gasteiger partial charge on any atom is 0.228 e. The van der Waals surface area contributed by atoms with Gasteiger partial charge >= 0.3 is 0 Å². The van der Waals surface area contributed by atoms with Crippen LogP contribution in [-0.2, 0) is 11.2 Å². The number of para-hydroxylation sites is 1. The van der Waals surface area contributed by atoms with E-state index in [0.717, 1.165) is 40.9 Å². The molecule has 128 valence electrons. The number of nitrogens with zero attached hydrogens (tertiary/aromatic N) is 1. The summed E-state index contributed by atoms with van der Waals surface area (Å²) in [6.07, 6.45) is 2.91. The molecule has 1 aliphatic heterocycles. The van der Waals surface area contributed by atoms with Gasteiger partial charge in [0, 0.05) is 41.1 Å². The minimum absolute atomic E-state index is 0.0155. The number of H-pyrrole nitrogens is 1. The molecule has 2 aromatic carbocycles. The van der Waals surface area contributed by atoms with Crippen LogP contribution >= 0.6 is 0 Å². The minimum Gasteiger partial charge on any atom is -0.372 e. The van der Waals surface area contributed by atoms with E-state index < -0.39 is 0 Å². The maximum atomic E-state index is 12.5. The van der Waals surface area contributed by atoms with Gasteiger partial charge in [0.05, 0.1) is 6.42 Å². The van der Waals surface area contributed by atoms with Crippen LogP contribution in [0.25, 0.3) is 10.9 Å². The number of anilines is 2. The second-order valence-electron chi connectivity index (χ2n) is 6.74. The van der Waals surface area contributed by atoms with Crippen LogP contribution in [0, 0.1) is 6.92 Å². The smallest absolute Gasteiger partial charge is 0.228 e. The molecule has 4 heteroatoms. The number of rotatable bonds is 4. The lowest BCUT2D eigenvalue weighted by molar-refractivity contribution is -0.115. The molecule has 1 aliphatic rings. The topological polar surface area (TPSA) is 48.1 Å². The van der Waals surface area contributed by atoms with Crippen molar-refractivity contribution in [2.45, 2.75) is 26.2 Å². The Hall–Kier alpha value is -2.75. The van der Waals surface area contributed by atoms with Crippen LogP contribution in [0.1, 0.15) is 24.1 Å². The first-order valence-electron chi connectivity index (χ1n) is 8.92. The normalized spacial score (nSPS) is 14.2. The van der Waals surface area contributed by atoms with Gasteiger partial charge in [-0.25, -0.2) is 0 Å². The van der Waals surface area contributed by atoms with E-state index in [9.17, 15) is 4.79 Å². The Labute approximate surface area is 147 Å². The Morgan fingerprint density at radius 2 is 1.80 bits per heavy atom. The van der Waals surface area contributed by atoms with E-state index in [0.29, 0.717) is 6.42 Å². The molecule has 0 bridgehead atoms. The van der Waals surface area contributed by atoms with Gasteiger partial charge in [-0.2, -0.15) is 0 Å². The summed E-state index contributed by atoms with van der Waals surface area (Å²) in [6.45, 7) is 4.28. The molecule has 4 rings (SSSR count). The van der Waals surface area contributed by atoms with Crippen molar-refractivity contribution in [1.82, 2.24) is 4.98 Å². The number of aryl methyl sites for hydroxylation is 1. The molecule has 0 aliphatic carbocycles. The molecule has 1 amide bonds. The molecule has 1 fully saturated rings. The molecule has 0 saturated carbocycles. The fourth-order valence-electron chi connectivity index (χ4n) is 3.66. The van der Waals surface area contributed by atoms with E-state index in [1.807, 2.05) is 37.3 Å². The van der Waals surface area contributed by atoms with Crippen molar-refractivity contribution >= 4 is 28.2 Å². The zero-order valence-corrected chi connectivity index (χ0v) is 14.5. The summed E-state index contributed by atoms with van der Waals surface area (Å²) in [4.78, 5) is 18.2. The fourth-order valence-corrected chi connectivity index (χ4v) is 3.66. The first-order valence-corrected chi connectivity index (χ1v) is 8.92. The Bertz CT molecular complexity index is 889. The van der Waals surface area contributed by atoms with Crippen LogP contribution in [0.3, 0.4) is 0 Å². The second kappa shape index (κ2) is 6.63. The summed E-state index contributed by atoms with van der Waals surface area (Å²) < 4.78 is 0. The summed E-state index contributed by atoms with van der Waals surface area (Å²) in [6, 6.07) is 16.3. The van der Waals surface area contributed by atoms with Crippen molar-refractivity contribution in [1.29, 1.82) is 0 Å². The van der Waals surface area contributed by atoms with Crippen LogP contribution in [0.5, 0.6) is 0 Å². The van der Waals surface area contributed by atoms with Crippen molar-refractivity contribution in [3.63, 3.8) is 0 Å². The maximum absolute atomic E-state index is 12.5. The van der Waals surface area contributed by atoms with Gasteiger partial charge in [-0.3, -0.25) is 4.79 Å². The number of carbonyl (C=O) groups is 1. The van der Waals surface area contributed by atoms with Crippen LogP contribution in [0.15, 0.2) is 48.5 Å². The average Bonchev–Trinajstić information content (AvgIpc) is 3.25. The number of hydrogen-bond acceptors (Lipinski definition) is 2. The minimum atomic E-state index is 0.0155. The highest BCUT2D eigenvalue weighted by molar-refractivity contribution is 5.96. The quantitative estimate of drug-likeness (QED) is 0.749. The standard InChI is InChI=1S/C21H23N3O/c1-15-19(18-6-2-3-7-20(18)22-15)14-21(25)23-16-8-10-17(11-9-16)24-12-4-5-13-24/h2-3,6-11,22H,4-5,12-14H2,1H3,(H,23,25). The monoisotopic (exact) mass is 333 g/mol. The zero-order chi connectivity index (χ0) is 17.2. The number of hydrogen-bond donors (Lipinski definition) is 2. The highest BCUT2D eigenvalue weighted by Gasteiger charge is 2.14. The summed E-state index contributed by atoms with van der Waals surface area (Å²) in [7, 11) is 0. The molecule has 0 spiro atoms. The molecular formula is C21H23N3O. The number of amides is 1. The molecule has 0 unspecified atom stereocenters.